The van der Waals surface area contributed by atoms with Gasteiger partial charge in [-0.15, -0.1) is 11.3 Å². The first-order valence-corrected chi connectivity index (χ1v) is 9.64. The van der Waals surface area contributed by atoms with E-state index in [1.807, 2.05) is 23.1 Å². The maximum absolute atomic E-state index is 4.83. The van der Waals surface area contributed by atoms with E-state index in [-0.39, 0.29) is 0 Å². The number of amidine groups is 1. The standard InChI is InChI=1S/C16H24N2S2/c1-2-13-6-9-19-14(13)10-17-15-18-11-16(12-20-15)7-4-3-5-8-16/h6,9H,2-5,7-8,10-12H2,1H3,(H,17,18). The van der Waals surface area contributed by atoms with Gasteiger partial charge in [0.2, 0.25) is 0 Å². The molecule has 0 bridgehead atoms. The molecule has 1 N–H and O–H groups in total. The van der Waals surface area contributed by atoms with E-state index in [2.05, 4.69) is 23.7 Å². The molecule has 3 rings (SSSR count). The van der Waals surface area contributed by atoms with E-state index in [9.17, 15) is 0 Å². The number of hydrogen-bond acceptors (Lipinski definition) is 4. The summed E-state index contributed by atoms with van der Waals surface area (Å²) < 4.78 is 0. The lowest BCUT2D eigenvalue weighted by Gasteiger charge is -2.38. The van der Waals surface area contributed by atoms with Crippen molar-refractivity contribution in [3.63, 3.8) is 0 Å². The Hall–Kier alpha value is -0.480. The van der Waals surface area contributed by atoms with Crippen molar-refractivity contribution in [1.82, 2.24) is 5.32 Å². The van der Waals surface area contributed by atoms with E-state index in [1.165, 1.54) is 48.3 Å². The Morgan fingerprint density at radius 2 is 2.15 bits per heavy atom. The molecule has 1 aliphatic heterocycles. The third-order valence-electron chi connectivity index (χ3n) is 4.61. The van der Waals surface area contributed by atoms with Gasteiger partial charge >= 0.3 is 0 Å². The fourth-order valence-corrected chi connectivity index (χ4v) is 5.33. The topological polar surface area (TPSA) is 24.4 Å². The lowest BCUT2D eigenvalue weighted by Crippen LogP contribution is -2.36. The molecular weight excluding hydrogens is 284 g/mol. The van der Waals surface area contributed by atoms with Crippen molar-refractivity contribution in [3.05, 3.63) is 21.9 Å². The molecule has 1 aliphatic carbocycles. The number of thiophene rings is 1. The van der Waals surface area contributed by atoms with Gasteiger partial charge in [0.1, 0.15) is 0 Å². The van der Waals surface area contributed by atoms with Crippen LogP contribution in [0.3, 0.4) is 0 Å². The number of nitrogens with zero attached hydrogens (tertiary/aromatic N) is 1. The Bertz CT molecular complexity index is 473. The minimum atomic E-state index is 0.533. The van der Waals surface area contributed by atoms with Crippen LogP contribution in [0.2, 0.25) is 0 Å². The van der Waals surface area contributed by atoms with Gasteiger partial charge in [0.25, 0.3) is 0 Å². The first-order valence-electron chi connectivity index (χ1n) is 7.78. The van der Waals surface area contributed by atoms with Gasteiger partial charge in [-0.2, -0.15) is 0 Å². The zero-order chi connectivity index (χ0) is 13.8. The quantitative estimate of drug-likeness (QED) is 0.892. The van der Waals surface area contributed by atoms with Crippen molar-refractivity contribution in [3.8, 4) is 0 Å². The lowest BCUT2D eigenvalue weighted by atomic mass is 9.75. The normalized spacial score (nSPS) is 21.8. The lowest BCUT2D eigenvalue weighted by molar-refractivity contribution is 0.232. The van der Waals surface area contributed by atoms with E-state index in [0.717, 1.165) is 24.7 Å². The van der Waals surface area contributed by atoms with Crippen LogP contribution in [0.25, 0.3) is 0 Å². The second kappa shape index (κ2) is 6.52. The highest BCUT2D eigenvalue weighted by atomic mass is 32.2. The Balaban J connectivity index is 1.54. The van der Waals surface area contributed by atoms with E-state index < -0.39 is 0 Å². The van der Waals surface area contributed by atoms with Crippen LogP contribution < -0.4 is 5.32 Å². The first-order chi connectivity index (χ1) is 9.81. The summed E-state index contributed by atoms with van der Waals surface area (Å²) in [7, 11) is 0. The van der Waals surface area contributed by atoms with E-state index >= 15 is 0 Å². The van der Waals surface area contributed by atoms with Crippen LogP contribution in [0.4, 0.5) is 0 Å². The average Bonchev–Trinajstić information content (AvgIpc) is 2.95. The Morgan fingerprint density at radius 3 is 2.85 bits per heavy atom. The highest BCUT2D eigenvalue weighted by molar-refractivity contribution is 8.13. The third kappa shape index (κ3) is 3.22. The van der Waals surface area contributed by atoms with Gasteiger partial charge in [0, 0.05) is 17.2 Å². The number of thioether (sulfide) groups is 1. The third-order valence-corrected chi connectivity index (χ3v) is 6.87. The molecule has 0 amide bonds. The maximum atomic E-state index is 4.83. The van der Waals surface area contributed by atoms with Crippen LogP contribution in [-0.4, -0.2) is 17.5 Å². The summed E-state index contributed by atoms with van der Waals surface area (Å²) in [6.07, 6.45) is 8.16. The average molecular weight is 309 g/mol. The van der Waals surface area contributed by atoms with Gasteiger partial charge in [-0.1, -0.05) is 37.9 Å². The van der Waals surface area contributed by atoms with Gasteiger partial charge < -0.3 is 5.32 Å². The van der Waals surface area contributed by atoms with Crippen molar-refractivity contribution >= 4 is 28.3 Å². The second-order valence-electron chi connectivity index (χ2n) is 6.05. The zero-order valence-electron chi connectivity index (χ0n) is 12.3. The van der Waals surface area contributed by atoms with Gasteiger partial charge in [0.05, 0.1) is 6.54 Å². The molecular formula is C16H24N2S2. The second-order valence-corrected chi connectivity index (χ2v) is 8.01. The van der Waals surface area contributed by atoms with Crippen LogP contribution >= 0.6 is 23.1 Å². The molecule has 0 unspecified atom stereocenters. The molecule has 0 radical (unpaired) electrons. The maximum Gasteiger partial charge on any atom is 0.156 e. The molecule has 1 saturated carbocycles. The number of rotatable bonds is 3. The van der Waals surface area contributed by atoms with Crippen LogP contribution in [0.5, 0.6) is 0 Å². The molecule has 0 atom stereocenters. The number of aryl methyl sites for hydroxylation is 1. The largest absolute Gasteiger partial charge is 0.360 e. The van der Waals surface area contributed by atoms with Gasteiger partial charge in [0.15, 0.2) is 5.17 Å². The molecule has 2 aliphatic rings. The van der Waals surface area contributed by atoms with Crippen LogP contribution in [0, 0.1) is 5.41 Å². The molecule has 1 aromatic heterocycles. The summed E-state index contributed by atoms with van der Waals surface area (Å²) in [5, 5.41) is 6.90. The predicted octanol–water partition coefficient (Wildman–Crippen LogP) is 4.45. The van der Waals surface area contributed by atoms with Crippen LogP contribution in [0.1, 0.15) is 49.5 Å². The Morgan fingerprint density at radius 1 is 1.30 bits per heavy atom. The summed E-state index contributed by atoms with van der Waals surface area (Å²) in [6, 6.07) is 2.24. The summed E-state index contributed by atoms with van der Waals surface area (Å²) in [6.45, 7) is 4.22. The number of aliphatic imine (C=N–C) groups is 1. The molecule has 1 aromatic rings. The van der Waals surface area contributed by atoms with Crippen LogP contribution in [-0.2, 0) is 13.0 Å². The van der Waals surface area contributed by atoms with Gasteiger partial charge in [-0.05, 0) is 41.7 Å². The highest BCUT2D eigenvalue weighted by Gasteiger charge is 2.34. The molecule has 4 heteroatoms. The molecule has 0 saturated heterocycles. The highest BCUT2D eigenvalue weighted by Crippen LogP contribution is 2.41. The van der Waals surface area contributed by atoms with Crippen molar-refractivity contribution in [2.45, 2.75) is 52.0 Å². The molecule has 110 valence electrons. The van der Waals surface area contributed by atoms with Crippen molar-refractivity contribution in [2.75, 3.05) is 12.3 Å². The molecule has 1 spiro atoms. The van der Waals surface area contributed by atoms with Crippen LogP contribution in [0.15, 0.2) is 16.4 Å². The monoisotopic (exact) mass is 308 g/mol. The zero-order valence-corrected chi connectivity index (χ0v) is 13.9. The molecule has 1 fully saturated rings. The minimum absolute atomic E-state index is 0.533. The number of hydrogen-bond donors (Lipinski definition) is 1. The van der Waals surface area contributed by atoms with E-state index in [4.69, 9.17) is 4.99 Å². The summed E-state index contributed by atoms with van der Waals surface area (Å²) in [5.41, 5.74) is 2.01. The SMILES string of the molecule is CCc1ccsc1CNC1=NCC2(CCCCC2)CS1. The molecule has 0 aromatic carbocycles. The molecule has 2 nitrogen and oxygen atoms in total. The summed E-state index contributed by atoms with van der Waals surface area (Å²) >= 11 is 3.80. The van der Waals surface area contributed by atoms with E-state index in [1.54, 1.807) is 0 Å². The van der Waals surface area contributed by atoms with Crippen molar-refractivity contribution in [2.24, 2.45) is 10.4 Å². The summed E-state index contributed by atoms with van der Waals surface area (Å²) in [5.74, 6) is 1.27. The van der Waals surface area contributed by atoms with Gasteiger partial charge in [-0.25, -0.2) is 0 Å². The van der Waals surface area contributed by atoms with Gasteiger partial charge in [-0.3, -0.25) is 4.99 Å². The van der Waals surface area contributed by atoms with E-state index in [0.29, 0.717) is 5.41 Å². The molecule has 20 heavy (non-hydrogen) atoms. The first kappa shape index (κ1) is 14.5. The predicted molar refractivity (Wildman–Crippen MR) is 90.8 cm³/mol. The van der Waals surface area contributed by atoms with Crippen molar-refractivity contribution in [1.29, 1.82) is 0 Å². The number of nitrogens with one attached hydrogen (secondary N) is 1. The smallest absolute Gasteiger partial charge is 0.156 e. The fourth-order valence-electron chi connectivity index (χ4n) is 3.26. The minimum Gasteiger partial charge on any atom is -0.360 e. The Labute approximate surface area is 130 Å². The van der Waals surface area contributed by atoms with Crippen molar-refractivity contribution < 1.29 is 0 Å². The fraction of sp³-hybridized carbons (Fsp3) is 0.688. The Kier molecular flexibility index (Phi) is 4.72. The molecule has 2 heterocycles. The summed E-state index contributed by atoms with van der Waals surface area (Å²) in [4.78, 5) is 6.30.